The van der Waals surface area contributed by atoms with Crippen LogP contribution in [0.5, 0.6) is 0 Å². The molecule has 1 heterocycles. The summed E-state index contributed by atoms with van der Waals surface area (Å²) in [6.07, 6.45) is -0.822. The molecule has 0 spiro atoms. The molecule has 1 aliphatic heterocycles. The second kappa shape index (κ2) is 4.88. The van der Waals surface area contributed by atoms with Crippen molar-refractivity contribution in [1.82, 2.24) is 4.90 Å². The molecule has 0 saturated carbocycles. The van der Waals surface area contributed by atoms with Crippen LogP contribution in [-0.2, 0) is 0 Å². The van der Waals surface area contributed by atoms with E-state index in [1.54, 1.807) is 0 Å². The fraction of sp³-hybridized carbons (Fsp3) is 0.500. The van der Waals surface area contributed by atoms with Crippen molar-refractivity contribution in [2.24, 2.45) is 0 Å². The minimum atomic E-state index is -0.822. The molecule has 2 unspecified atom stereocenters. The summed E-state index contributed by atoms with van der Waals surface area (Å²) in [5, 5.41) is 9.08. The number of rotatable bonds is 1. The lowest BCUT2D eigenvalue weighted by Gasteiger charge is -2.45. The summed E-state index contributed by atoms with van der Waals surface area (Å²) in [7, 11) is 0. The Morgan fingerprint density at radius 3 is 2.39 bits per heavy atom. The van der Waals surface area contributed by atoms with Gasteiger partial charge in [0.25, 0.3) is 0 Å². The Labute approximate surface area is 108 Å². The smallest absolute Gasteiger partial charge is 0.407 e. The summed E-state index contributed by atoms with van der Waals surface area (Å²) in [4.78, 5) is 14.9. The van der Waals surface area contributed by atoms with E-state index in [2.05, 4.69) is 43.9 Å². The second-order valence-corrected chi connectivity index (χ2v) is 5.13. The molecule has 1 aliphatic rings. The maximum atomic E-state index is 11.1. The summed E-state index contributed by atoms with van der Waals surface area (Å²) in [6, 6.07) is 8.78. The Bertz CT molecular complexity index is 435. The third-order valence-corrected chi connectivity index (χ3v) is 3.49. The van der Waals surface area contributed by atoms with Gasteiger partial charge in [0.1, 0.15) is 0 Å². The molecule has 2 atom stereocenters. The summed E-state index contributed by atoms with van der Waals surface area (Å²) in [6.45, 7) is 7.36. The molecule has 4 nitrogen and oxygen atoms in total. The van der Waals surface area contributed by atoms with Crippen LogP contribution in [-0.4, -0.2) is 41.3 Å². The number of nitrogens with zero attached hydrogens (tertiary/aromatic N) is 2. The molecule has 1 fully saturated rings. The average Bonchev–Trinajstić information content (AvgIpc) is 2.27. The molecule has 0 aromatic heterocycles. The molecule has 1 saturated heterocycles. The van der Waals surface area contributed by atoms with Crippen LogP contribution < -0.4 is 4.90 Å². The number of carbonyl (C=O) groups is 1. The Balaban J connectivity index is 2.22. The number of hydrogen-bond donors (Lipinski definition) is 1. The highest BCUT2D eigenvalue weighted by molar-refractivity contribution is 5.66. The molecular formula is C14H20N2O2. The lowest BCUT2D eigenvalue weighted by molar-refractivity contribution is 0.128. The van der Waals surface area contributed by atoms with Crippen LogP contribution in [0.25, 0.3) is 0 Å². The maximum absolute atomic E-state index is 11.1. The average molecular weight is 248 g/mol. The first kappa shape index (κ1) is 12.7. The molecule has 0 bridgehead atoms. The lowest BCUT2D eigenvalue weighted by atomic mass is 10.1. The minimum Gasteiger partial charge on any atom is -0.465 e. The number of piperazine rings is 1. The molecule has 4 heteroatoms. The molecule has 98 valence electrons. The van der Waals surface area contributed by atoms with Gasteiger partial charge in [-0.25, -0.2) is 4.79 Å². The number of carboxylic acid groups (broad SMARTS) is 1. The maximum Gasteiger partial charge on any atom is 0.407 e. The minimum absolute atomic E-state index is 0.201. The highest BCUT2D eigenvalue weighted by Gasteiger charge is 2.31. The van der Waals surface area contributed by atoms with E-state index in [9.17, 15) is 4.79 Å². The van der Waals surface area contributed by atoms with Crippen LogP contribution in [0.2, 0.25) is 0 Å². The Hall–Kier alpha value is -1.71. The van der Waals surface area contributed by atoms with Gasteiger partial charge in [-0.1, -0.05) is 12.1 Å². The third kappa shape index (κ3) is 2.42. The second-order valence-electron chi connectivity index (χ2n) is 5.13. The fourth-order valence-corrected chi connectivity index (χ4v) is 2.78. The molecule has 1 aromatic rings. The van der Waals surface area contributed by atoms with Crippen LogP contribution in [0.4, 0.5) is 10.5 Å². The number of hydrogen-bond acceptors (Lipinski definition) is 2. The fourth-order valence-electron chi connectivity index (χ4n) is 2.78. The predicted octanol–water partition coefficient (Wildman–Crippen LogP) is 2.57. The summed E-state index contributed by atoms with van der Waals surface area (Å²) < 4.78 is 0. The van der Waals surface area contributed by atoms with Gasteiger partial charge in [0.2, 0.25) is 0 Å². The van der Waals surface area contributed by atoms with Crippen molar-refractivity contribution >= 4 is 11.8 Å². The normalized spacial score (nSPS) is 24.2. The Morgan fingerprint density at radius 2 is 1.89 bits per heavy atom. The van der Waals surface area contributed by atoms with Crippen molar-refractivity contribution in [2.45, 2.75) is 32.9 Å². The molecule has 18 heavy (non-hydrogen) atoms. The molecule has 0 radical (unpaired) electrons. The van der Waals surface area contributed by atoms with E-state index in [-0.39, 0.29) is 12.1 Å². The van der Waals surface area contributed by atoms with E-state index >= 15 is 0 Å². The number of amides is 1. The van der Waals surface area contributed by atoms with E-state index in [0.717, 1.165) is 0 Å². The lowest BCUT2D eigenvalue weighted by Crippen LogP contribution is -2.58. The SMILES string of the molecule is Cc1cccc(N2C(C)CN(C(=O)O)CC2C)c1. The number of aryl methyl sites for hydroxylation is 1. The summed E-state index contributed by atoms with van der Waals surface area (Å²) in [5.41, 5.74) is 2.41. The van der Waals surface area contributed by atoms with Gasteiger partial charge < -0.3 is 14.9 Å². The van der Waals surface area contributed by atoms with E-state index in [4.69, 9.17) is 5.11 Å². The van der Waals surface area contributed by atoms with Crippen molar-refractivity contribution in [3.8, 4) is 0 Å². The summed E-state index contributed by atoms with van der Waals surface area (Å²) in [5.74, 6) is 0. The predicted molar refractivity (Wildman–Crippen MR) is 72.2 cm³/mol. The van der Waals surface area contributed by atoms with Gasteiger partial charge in [-0.05, 0) is 38.5 Å². The number of benzene rings is 1. The monoisotopic (exact) mass is 248 g/mol. The highest BCUT2D eigenvalue weighted by atomic mass is 16.4. The van der Waals surface area contributed by atoms with E-state index in [1.807, 2.05) is 6.07 Å². The van der Waals surface area contributed by atoms with Crippen molar-refractivity contribution in [2.75, 3.05) is 18.0 Å². The van der Waals surface area contributed by atoms with Gasteiger partial charge >= 0.3 is 6.09 Å². The third-order valence-electron chi connectivity index (χ3n) is 3.49. The van der Waals surface area contributed by atoms with Crippen molar-refractivity contribution in [3.05, 3.63) is 29.8 Å². The molecule has 0 aliphatic carbocycles. The molecule has 1 N–H and O–H groups in total. The van der Waals surface area contributed by atoms with E-state index in [0.29, 0.717) is 13.1 Å². The largest absolute Gasteiger partial charge is 0.465 e. The number of anilines is 1. The zero-order valence-corrected chi connectivity index (χ0v) is 11.1. The van der Waals surface area contributed by atoms with Gasteiger partial charge in [-0.3, -0.25) is 0 Å². The van der Waals surface area contributed by atoms with Crippen LogP contribution in [0.3, 0.4) is 0 Å². The standard InChI is InChI=1S/C14H20N2O2/c1-10-5-4-6-13(7-10)16-11(2)8-15(14(17)18)9-12(16)3/h4-7,11-12H,8-9H2,1-3H3,(H,17,18). The van der Waals surface area contributed by atoms with Crippen molar-refractivity contribution in [1.29, 1.82) is 0 Å². The van der Waals surface area contributed by atoms with E-state index < -0.39 is 6.09 Å². The van der Waals surface area contributed by atoms with Crippen molar-refractivity contribution in [3.63, 3.8) is 0 Å². The van der Waals surface area contributed by atoms with Crippen LogP contribution >= 0.6 is 0 Å². The van der Waals surface area contributed by atoms with Crippen molar-refractivity contribution < 1.29 is 9.90 Å². The first-order chi connectivity index (χ1) is 8.49. The Kier molecular flexibility index (Phi) is 3.45. The quantitative estimate of drug-likeness (QED) is 0.830. The van der Waals surface area contributed by atoms with Crippen LogP contribution in [0.15, 0.2) is 24.3 Å². The highest BCUT2D eigenvalue weighted by Crippen LogP contribution is 2.25. The van der Waals surface area contributed by atoms with E-state index in [1.165, 1.54) is 16.2 Å². The van der Waals surface area contributed by atoms with Gasteiger partial charge in [0.15, 0.2) is 0 Å². The van der Waals surface area contributed by atoms with Gasteiger partial charge in [0.05, 0.1) is 0 Å². The molecule has 1 amide bonds. The van der Waals surface area contributed by atoms with Gasteiger partial charge in [-0.15, -0.1) is 0 Å². The van der Waals surface area contributed by atoms with Crippen LogP contribution in [0.1, 0.15) is 19.4 Å². The van der Waals surface area contributed by atoms with Crippen LogP contribution in [0, 0.1) is 6.92 Å². The Morgan fingerprint density at radius 1 is 1.28 bits per heavy atom. The van der Waals surface area contributed by atoms with Gasteiger partial charge in [0, 0.05) is 30.9 Å². The molecule has 2 rings (SSSR count). The summed E-state index contributed by atoms with van der Waals surface area (Å²) >= 11 is 0. The molecule has 1 aromatic carbocycles. The molecular weight excluding hydrogens is 228 g/mol. The zero-order chi connectivity index (χ0) is 13.3. The zero-order valence-electron chi connectivity index (χ0n) is 11.1. The first-order valence-corrected chi connectivity index (χ1v) is 6.32. The first-order valence-electron chi connectivity index (χ1n) is 6.32. The topological polar surface area (TPSA) is 43.8 Å². The van der Waals surface area contributed by atoms with Gasteiger partial charge in [-0.2, -0.15) is 0 Å².